The van der Waals surface area contributed by atoms with Crippen LogP contribution >= 0.6 is 15.9 Å². The second kappa shape index (κ2) is 8.84. The normalized spacial score (nSPS) is 15.3. The second-order valence-electron chi connectivity index (χ2n) is 7.17. The molecule has 0 saturated carbocycles. The van der Waals surface area contributed by atoms with Crippen LogP contribution in [0, 0.1) is 0 Å². The molecule has 4 rings (SSSR count). The number of benzene rings is 3. The van der Waals surface area contributed by atoms with Crippen LogP contribution in [0.2, 0.25) is 0 Å². The molecule has 5 nitrogen and oxygen atoms in total. The molecule has 1 N–H and O–H groups in total. The summed E-state index contributed by atoms with van der Waals surface area (Å²) in [6, 6.07) is 18.7. The highest BCUT2D eigenvalue weighted by Crippen LogP contribution is 2.34. The Morgan fingerprint density at radius 3 is 2.62 bits per heavy atom. The van der Waals surface area contributed by atoms with Crippen molar-refractivity contribution in [3.05, 3.63) is 70.2 Å². The molecule has 1 heterocycles. The molecule has 0 unspecified atom stereocenters. The van der Waals surface area contributed by atoms with Crippen molar-refractivity contribution in [2.45, 2.75) is 6.54 Å². The number of hydrogen-bond donors (Lipinski definition) is 1. The number of nitrogens with zero attached hydrogens (tertiary/aromatic N) is 3. The van der Waals surface area contributed by atoms with Crippen molar-refractivity contribution in [2.75, 3.05) is 33.3 Å². The van der Waals surface area contributed by atoms with E-state index < -0.39 is 0 Å². The van der Waals surface area contributed by atoms with E-state index in [4.69, 9.17) is 4.74 Å². The summed E-state index contributed by atoms with van der Waals surface area (Å²) >= 11 is 3.35. The van der Waals surface area contributed by atoms with Crippen LogP contribution in [0.3, 0.4) is 0 Å². The molecule has 3 aromatic carbocycles. The molecule has 0 spiro atoms. The molecule has 0 aromatic heterocycles. The summed E-state index contributed by atoms with van der Waals surface area (Å²) in [4.78, 5) is 2.48. The lowest BCUT2D eigenvalue weighted by Gasteiger charge is -2.33. The van der Waals surface area contributed by atoms with Gasteiger partial charge in [0.1, 0.15) is 0 Å². The first-order valence-electron chi connectivity index (χ1n) is 9.68. The van der Waals surface area contributed by atoms with Gasteiger partial charge in [0.15, 0.2) is 11.5 Å². The smallest absolute Gasteiger partial charge is 0.172 e. The lowest BCUT2D eigenvalue weighted by molar-refractivity contribution is 0.131. The third-order valence-corrected chi connectivity index (χ3v) is 5.87. The Morgan fingerprint density at radius 1 is 1.07 bits per heavy atom. The van der Waals surface area contributed by atoms with Gasteiger partial charge in [0.25, 0.3) is 0 Å². The van der Waals surface area contributed by atoms with E-state index in [0.29, 0.717) is 10.2 Å². The number of hydrazone groups is 1. The molecule has 0 radical (unpaired) electrons. The Hall–Kier alpha value is -2.57. The van der Waals surface area contributed by atoms with Crippen LogP contribution in [0.4, 0.5) is 0 Å². The summed E-state index contributed by atoms with van der Waals surface area (Å²) in [6.07, 6.45) is 1.81. The zero-order valence-electron chi connectivity index (χ0n) is 16.4. The fourth-order valence-electron chi connectivity index (χ4n) is 3.65. The summed E-state index contributed by atoms with van der Waals surface area (Å²) in [6.45, 7) is 4.68. The number of hydrogen-bond acceptors (Lipinski definition) is 5. The van der Waals surface area contributed by atoms with Crippen LogP contribution in [0.5, 0.6) is 11.5 Å². The highest BCUT2D eigenvalue weighted by molar-refractivity contribution is 9.10. The van der Waals surface area contributed by atoms with E-state index in [1.54, 1.807) is 6.07 Å². The third kappa shape index (κ3) is 4.54. The molecule has 0 amide bonds. The van der Waals surface area contributed by atoms with Gasteiger partial charge in [-0.25, -0.2) is 0 Å². The van der Waals surface area contributed by atoms with Gasteiger partial charge in [-0.3, -0.25) is 9.91 Å². The lowest BCUT2D eigenvalue weighted by atomic mass is 10.0. The zero-order valence-corrected chi connectivity index (χ0v) is 18.0. The predicted molar refractivity (Wildman–Crippen MR) is 121 cm³/mol. The Labute approximate surface area is 179 Å². The third-order valence-electron chi connectivity index (χ3n) is 5.26. The van der Waals surface area contributed by atoms with E-state index >= 15 is 0 Å². The van der Waals surface area contributed by atoms with Gasteiger partial charge < -0.3 is 9.84 Å². The first-order chi connectivity index (χ1) is 14.1. The fourth-order valence-corrected chi connectivity index (χ4v) is 4.11. The molecule has 0 aliphatic carbocycles. The van der Waals surface area contributed by atoms with Crippen LogP contribution in [0.25, 0.3) is 10.8 Å². The highest BCUT2D eigenvalue weighted by Gasteiger charge is 2.16. The minimum atomic E-state index is 0.103. The molecule has 1 aliphatic heterocycles. The second-order valence-corrected chi connectivity index (χ2v) is 8.02. The van der Waals surface area contributed by atoms with Crippen molar-refractivity contribution in [1.82, 2.24) is 9.91 Å². The van der Waals surface area contributed by atoms with Gasteiger partial charge in [-0.05, 0) is 50.0 Å². The number of phenolic OH excluding ortho intramolecular Hbond substituents is 1. The van der Waals surface area contributed by atoms with Crippen molar-refractivity contribution in [1.29, 1.82) is 0 Å². The molecule has 3 aromatic rings. The van der Waals surface area contributed by atoms with Gasteiger partial charge >= 0.3 is 0 Å². The summed E-state index contributed by atoms with van der Waals surface area (Å²) in [5.41, 5.74) is 2.26. The highest BCUT2D eigenvalue weighted by atomic mass is 79.9. The largest absolute Gasteiger partial charge is 0.503 e. The maximum absolute atomic E-state index is 9.92. The Bertz CT molecular complexity index is 1020. The predicted octanol–water partition coefficient (Wildman–Crippen LogP) is 4.47. The monoisotopic (exact) mass is 453 g/mol. The van der Waals surface area contributed by atoms with Crippen molar-refractivity contribution < 1.29 is 9.84 Å². The van der Waals surface area contributed by atoms with E-state index in [1.165, 1.54) is 23.4 Å². The Balaban J connectivity index is 1.37. The van der Waals surface area contributed by atoms with Crippen LogP contribution in [0.1, 0.15) is 11.1 Å². The molecule has 6 heteroatoms. The molecule has 1 aliphatic rings. The van der Waals surface area contributed by atoms with Gasteiger partial charge in [0.2, 0.25) is 0 Å². The molecular weight excluding hydrogens is 430 g/mol. The van der Waals surface area contributed by atoms with E-state index in [1.807, 2.05) is 12.3 Å². The van der Waals surface area contributed by atoms with Gasteiger partial charge in [-0.15, -0.1) is 0 Å². The zero-order chi connectivity index (χ0) is 20.2. The summed E-state index contributed by atoms with van der Waals surface area (Å²) in [5, 5.41) is 19.3. The van der Waals surface area contributed by atoms with Crippen molar-refractivity contribution in [2.24, 2.45) is 5.10 Å². The number of rotatable bonds is 5. The molecule has 0 bridgehead atoms. The quantitative estimate of drug-likeness (QED) is 0.579. The van der Waals surface area contributed by atoms with E-state index in [0.717, 1.165) is 38.3 Å². The summed E-state index contributed by atoms with van der Waals surface area (Å²) in [7, 11) is 1.54. The topological polar surface area (TPSA) is 48.3 Å². The average Bonchev–Trinajstić information content (AvgIpc) is 2.75. The van der Waals surface area contributed by atoms with E-state index in [9.17, 15) is 5.11 Å². The van der Waals surface area contributed by atoms with Crippen molar-refractivity contribution >= 4 is 32.9 Å². The van der Waals surface area contributed by atoms with Gasteiger partial charge in [-0.2, -0.15) is 5.10 Å². The maximum Gasteiger partial charge on any atom is 0.172 e. The van der Waals surface area contributed by atoms with Gasteiger partial charge in [0, 0.05) is 32.7 Å². The van der Waals surface area contributed by atoms with Crippen molar-refractivity contribution in [3.8, 4) is 11.5 Å². The number of methoxy groups -OCH3 is 1. The maximum atomic E-state index is 9.92. The first-order valence-corrected chi connectivity index (χ1v) is 10.5. The number of fused-ring (bicyclic) bond motifs is 1. The molecular formula is C23H24BrN3O2. The van der Waals surface area contributed by atoms with Crippen molar-refractivity contribution in [3.63, 3.8) is 0 Å². The molecule has 150 valence electrons. The van der Waals surface area contributed by atoms with E-state index in [2.05, 4.69) is 73.4 Å². The minimum absolute atomic E-state index is 0.103. The van der Waals surface area contributed by atoms with Gasteiger partial charge in [0.05, 0.1) is 17.8 Å². The minimum Gasteiger partial charge on any atom is -0.503 e. The molecule has 1 saturated heterocycles. The molecule has 1 fully saturated rings. The Kier molecular flexibility index (Phi) is 6.02. The lowest BCUT2D eigenvalue weighted by Crippen LogP contribution is -2.43. The van der Waals surface area contributed by atoms with Crippen LogP contribution in [-0.4, -0.2) is 54.5 Å². The number of phenols is 1. The molecule has 29 heavy (non-hydrogen) atoms. The number of aromatic hydroxyl groups is 1. The van der Waals surface area contributed by atoms with Crippen LogP contribution < -0.4 is 4.74 Å². The van der Waals surface area contributed by atoms with Crippen LogP contribution in [-0.2, 0) is 6.54 Å². The van der Waals surface area contributed by atoms with Crippen LogP contribution in [0.15, 0.2) is 64.2 Å². The first kappa shape index (κ1) is 19.7. The molecule has 0 atom stereocenters. The summed E-state index contributed by atoms with van der Waals surface area (Å²) in [5.74, 6) is 0.535. The van der Waals surface area contributed by atoms with Gasteiger partial charge in [-0.1, -0.05) is 42.5 Å². The standard InChI is InChI=1S/C23H24BrN3O2/c1-29-22-14-17(13-21(24)23(22)28)15-25-27-11-9-26(10-12-27)16-19-7-4-6-18-5-2-3-8-20(18)19/h2-8,13-15,28H,9-12,16H2,1H3. The van der Waals surface area contributed by atoms with E-state index in [-0.39, 0.29) is 5.75 Å². The number of halogens is 1. The number of piperazine rings is 1. The average molecular weight is 454 g/mol. The summed E-state index contributed by atoms with van der Waals surface area (Å²) < 4.78 is 5.79. The number of ether oxygens (including phenoxy) is 1. The SMILES string of the molecule is COc1cc(C=NN2CCN(Cc3cccc4ccccc34)CC2)cc(Br)c1O. The Morgan fingerprint density at radius 2 is 1.83 bits per heavy atom. The fraction of sp³-hybridized carbons (Fsp3) is 0.261.